The molecule has 0 spiro atoms. The Labute approximate surface area is 56.4 Å². The van der Waals surface area contributed by atoms with E-state index in [-0.39, 0.29) is 2.85 Å². The first kappa shape index (κ1) is 5.88. The summed E-state index contributed by atoms with van der Waals surface area (Å²) in [6.45, 7) is 0. The molecule has 0 aliphatic heterocycles. The molecule has 9 heavy (non-hydrogen) atoms. The van der Waals surface area contributed by atoms with Crippen LogP contribution in [0.25, 0.3) is 0 Å². The summed E-state index contributed by atoms with van der Waals surface area (Å²) in [5.74, 6) is 1.22. The molecule has 1 heterocycles. The predicted molar refractivity (Wildman–Crippen MR) is 37.4 cm³/mol. The lowest BCUT2D eigenvalue weighted by Crippen LogP contribution is -1.89. The van der Waals surface area contributed by atoms with Crippen molar-refractivity contribution in [2.45, 2.75) is 0 Å². The molecule has 3 heteroatoms. The molecule has 3 nitrogen and oxygen atoms in total. The highest BCUT2D eigenvalue weighted by Gasteiger charge is 1.88. The van der Waals surface area contributed by atoms with Gasteiger partial charge in [0.15, 0.2) is 0 Å². The largest absolute Gasteiger partial charge is 1.00 e. The van der Waals surface area contributed by atoms with Crippen molar-refractivity contribution in [2.75, 3.05) is 12.8 Å². The number of anilines is 1. The molecule has 0 bridgehead atoms. The van der Waals surface area contributed by atoms with Crippen LogP contribution in [0.1, 0.15) is 2.85 Å². The van der Waals surface area contributed by atoms with E-state index in [4.69, 9.17) is 10.5 Å². The Hall–Kier alpha value is -1.25. The van der Waals surface area contributed by atoms with Crippen LogP contribution in [0.3, 0.4) is 0 Å². The molecule has 0 aliphatic carbocycles. The number of pyridine rings is 1. The van der Waals surface area contributed by atoms with Gasteiger partial charge in [-0.3, -0.25) is 0 Å². The van der Waals surface area contributed by atoms with Gasteiger partial charge in [0, 0.05) is 12.3 Å². The van der Waals surface area contributed by atoms with Crippen LogP contribution in [-0.4, -0.2) is 12.1 Å². The van der Waals surface area contributed by atoms with E-state index in [1.807, 2.05) is 0 Å². The van der Waals surface area contributed by atoms with Crippen LogP contribution in [-0.2, 0) is 0 Å². The Bertz CT molecular complexity index is 208. The molecule has 0 aromatic carbocycles. The quantitative estimate of drug-likeness (QED) is 0.608. The fourth-order valence-electron chi connectivity index (χ4n) is 0.555. The molecule has 0 radical (unpaired) electrons. The van der Waals surface area contributed by atoms with Gasteiger partial charge in [0.1, 0.15) is 11.6 Å². The Morgan fingerprint density at radius 3 is 3.00 bits per heavy atom. The molecule has 1 rings (SSSR count). The van der Waals surface area contributed by atoms with E-state index in [9.17, 15) is 0 Å². The van der Waals surface area contributed by atoms with E-state index in [1.54, 1.807) is 25.4 Å². The van der Waals surface area contributed by atoms with Crippen LogP contribution in [0.2, 0.25) is 0 Å². The number of hydrogen-bond donors (Lipinski definition) is 1. The van der Waals surface area contributed by atoms with Crippen LogP contribution in [0, 0.1) is 0 Å². The van der Waals surface area contributed by atoms with Crippen molar-refractivity contribution < 1.29 is 7.59 Å². The van der Waals surface area contributed by atoms with Gasteiger partial charge in [0.2, 0.25) is 0 Å². The molecule has 1 aromatic rings. The molecule has 0 unspecified atom stereocenters. The van der Waals surface area contributed by atoms with Gasteiger partial charge in [-0.05, 0) is 6.07 Å². The first-order valence-electron chi connectivity index (χ1n) is 2.58. The van der Waals surface area contributed by atoms with Crippen molar-refractivity contribution in [1.29, 1.82) is 0 Å². The number of ether oxygens (including phenoxy) is 1. The zero-order valence-electron chi connectivity index (χ0n) is 7.16. The van der Waals surface area contributed by atoms with Crippen molar-refractivity contribution in [2.24, 2.45) is 0 Å². The van der Waals surface area contributed by atoms with E-state index in [2.05, 4.69) is 4.98 Å². The SMILES string of the molecule is COc1ccnc(N)c1.[H+].[H+]. The van der Waals surface area contributed by atoms with Crippen LogP contribution < -0.4 is 10.5 Å². The van der Waals surface area contributed by atoms with Crippen molar-refractivity contribution in [3.8, 4) is 5.75 Å². The van der Waals surface area contributed by atoms with Crippen LogP contribution in [0.15, 0.2) is 18.3 Å². The molecule has 2 N–H and O–H groups in total. The van der Waals surface area contributed by atoms with Gasteiger partial charge in [-0.1, -0.05) is 0 Å². The number of methoxy groups -OCH3 is 1. The maximum atomic E-state index is 5.34. The van der Waals surface area contributed by atoms with Crippen molar-refractivity contribution in [3.63, 3.8) is 0 Å². The molecule has 0 saturated heterocycles. The highest BCUT2D eigenvalue weighted by molar-refractivity contribution is 5.35. The molecule has 0 fully saturated rings. The summed E-state index contributed by atoms with van der Waals surface area (Å²) in [5.41, 5.74) is 5.34. The topological polar surface area (TPSA) is 48.1 Å². The van der Waals surface area contributed by atoms with Crippen molar-refractivity contribution in [1.82, 2.24) is 4.98 Å². The normalized spacial score (nSPS) is 9.00. The zero-order chi connectivity index (χ0) is 6.69. The van der Waals surface area contributed by atoms with Gasteiger partial charge in [0.05, 0.1) is 7.11 Å². The minimum Gasteiger partial charge on any atom is -0.497 e. The Morgan fingerprint density at radius 1 is 1.78 bits per heavy atom. The molecule has 0 atom stereocenters. The molecule has 0 amide bonds. The third-order valence-electron chi connectivity index (χ3n) is 0.988. The maximum absolute atomic E-state index is 5.34. The Kier molecular flexibility index (Phi) is 1.53. The summed E-state index contributed by atoms with van der Waals surface area (Å²) in [5, 5.41) is 0. The second kappa shape index (κ2) is 2.35. The first-order chi connectivity index (χ1) is 4.33. The summed E-state index contributed by atoms with van der Waals surface area (Å²) in [6.07, 6.45) is 1.61. The first-order valence-corrected chi connectivity index (χ1v) is 2.58. The lowest BCUT2D eigenvalue weighted by atomic mass is 10.4. The van der Waals surface area contributed by atoms with E-state index in [1.165, 1.54) is 0 Å². The number of rotatable bonds is 1. The second-order valence-electron chi connectivity index (χ2n) is 1.62. The fraction of sp³-hybridized carbons (Fsp3) is 0.167. The van der Waals surface area contributed by atoms with E-state index in [0.717, 1.165) is 5.75 Å². The van der Waals surface area contributed by atoms with Gasteiger partial charge in [-0.25, -0.2) is 4.98 Å². The molecule has 0 aliphatic rings. The highest BCUT2D eigenvalue weighted by atomic mass is 16.5. The maximum Gasteiger partial charge on any atom is 1.00 e. The summed E-state index contributed by atoms with van der Waals surface area (Å²) in [6, 6.07) is 3.41. The minimum absolute atomic E-state index is 0. The number of nitrogens with two attached hydrogens (primary N) is 1. The third kappa shape index (κ3) is 1.32. The van der Waals surface area contributed by atoms with Crippen molar-refractivity contribution >= 4 is 5.82 Å². The monoisotopic (exact) mass is 126 g/mol. The minimum atomic E-state index is 0. The van der Waals surface area contributed by atoms with Gasteiger partial charge >= 0.3 is 2.85 Å². The predicted octanol–water partition coefficient (Wildman–Crippen LogP) is 0.897. The Balaban J connectivity index is 0. The smallest absolute Gasteiger partial charge is 0.497 e. The average molecular weight is 126 g/mol. The van der Waals surface area contributed by atoms with Gasteiger partial charge < -0.3 is 10.5 Å². The van der Waals surface area contributed by atoms with Gasteiger partial charge in [-0.2, -0.15) is 0 Å². The second-order valence-corrected chi connectivity index (χ2v) is 1.62. The lowest BCUT2D eigenvalue weighted by molar-refractivity contribution is 0.414. The van der Waals surface area contributed by atoms with Crippen LogP contribution in [0.5, 0.6) is 5.75 Å². The third-order valence-corrected chi connectivity index (χ3v) is 0.988. The summed E-state index contributed by atoms with van der Waals surface area (Å²) >= 11 is 0. The zero-order valence-corrected chi connectivity index (χ0v) is 5.16. The number of nitrogen functional groups attached to an aromatic ring is 1. The summed E-state index contributed by atoms with van der Waals surface area (Å²) in [7, 11) is 1.59. The number of nitrogens with zero attached hydrogens (tertiary/aromatic N) is 1. The highest BCUT2D eigenvalue weighted by Crippen LogP contribution is 2.09. The molecule has 1 aromatic heterocycles. The van der Waals surface area contributed by atoms with Crippen molar-refractivity contribution in [3.05, 3.63) is 18.3 Å². The summed E-state index contributed by atoms with van der Waals surface area (Å²) < 4.78 is 4.88. The molecular formula is C6H10N2O+2. The number of hydrogen-bond acceptors (Lipinski definition) is 3. The molecule has 48 valence electrons. The standard InChI is InChI=1S/C6H8N2O/c1-9-5-2-3-8-6(7)4-5/h2-4H,1H3,(H2,7,8)/p+2. The molecular weight excluding hydrogens is 116 g/mol. The Morgan fingerprint density at radius 2 is 2.56 bits per heavy atom. The van der Waals surface area contributed by atoms with Crippen LogP contribution in [0.4, 0.5) is 5.82 Å². The van der Waals surface area contributed by atoms with Gasteiger partial charge in [-0.15, -0.1) is 0 Å². The van der Waals surface area contributed by atoms with E-state index < -0.39 is 0 Å². The van der Waals surface area contributed by atoms with E-state index >= 15 is 0 Å². The summed E-state index contributed by atoms with van der Waals surface area (Å²) in [4.78, 5) is 3.79. The van der Waals surface area contributed by atoms with Crippen LogP contribution >= 0.6 is 0 Å². The van der Waals surface area contributed by atoms with Gasteiger partial charge in [0.25, 0.3) is 0 Å². The number of aromatic nitrogens is 1. The van der Waals surface area contributed by atoms with E-state index in [0.29, 0.717) is 5.82 Å². The average Bonchev–Trinajstić information content (AvgIpc) is 1.88. The lowest BCUT2D eigenvalue weighted by Gasteiger charge is -1.97. The fourth-order valence-corrected chi connectivity index (χ4v) is 0.555. The molecule has 0 saturated carbocycles.